The van der Waals surface area contributed by atoms with Gasteiger partial charge in [0.1, 0.15) is 0 Å². The van der Waals surface area contributed by atoms with E-state index in [1.54, 1.807) is 0 Å². The lowest BCUT2D eigenvalue weighted by Crippen LogP contribution is -2.26. The second kappa shape index (κ2) is 13.0. The van der Waals surface area contributed by atoms with Gasteiger partial charge < -0.3 is 0 Å². The van der Waals surface area contributed by atoms with Crippen LogP contribution in [-0.2, 0) is 5.41 Å². The summed E-state index contributed by atoms with van der Waals surface area (Å²) in [5.74, 6) is 0. The first-order valence-electron chi connectivity index (χ1n) is 22.1. The summed E-state index contributed by atoms with van der Waals surface area (Å²) in [7, 11) is 0. The molecule has 0 nitrogen and oxygen atoms in total. The molecule has 63 heavy (non-hydrogen) atoms. The fraction of sp³-hybridized carbons (Fsp3) is 0.0159. The van der Waals surface area contributed by atoms with Gasteiger partial charge in [-0.05, 0) is 150 Å². The summed E-state index contributed by atoms with van der Waals surface area (Å²) in [6.07, 6.45) is 0. The van der Waals surface area contributed by atoms with Crippen LogP contribution in [0.25, 0.3) is 109 Å². The smallest absolute Gasteiger partial charge is 0.0619 e. The fourth-order valence-corrected chi connectivity index (χ4v) is 11.9. The Morgan fingerprint density at radius 3 is 1.41 bits per heavy atom. The van der Waals surface area contributed by atoms with Gasteiger partial charge in [0.2, 0.25) is 0 Å². The van der Waals surface area contributed by atoms with Crippen LogP contribution in [0.3, 0.4) is 0 Å². The van der Waals surface area contributed by atoms with Crippen molar-refractivity contribution >= 4 is 53.9 Å². The highest BCUT2D eigenvalue weighted by molar-refractivity contribution is 6.22. The molecule has 0 bridgehead atoms. The van der Waals surface area contributed by atoms with E-state index in [0.717, 1.165) is 0 Å². The first-order chi connectivity index (χ1) is 31.3. The van der Waals surface area contributed by atoms with Crippen molar-refractivity contribution in [3.8, 4) is 55.6 Å². The fourth-order valence-electron chi connectivity index (χ4n) is 11.9. The lowest BCUT2D eigenvalue weighted by Gasteiger charge is -2.31. The van der Waals surface area contributed by atoms with Gasteiger partial charge in [-0.2, -0.15) is 0 Å². The Balaban J connectivity index is 1.01. The predicted molar refractivity (Wildman–Crippen MR) is 267 cm³/mol. The lowest BCUT2D eigenvalue weighted by molar-refractivity contribution is 0.802. The van der Waals surface area contributed by atoms with E-state index in [0.29, 0.717) is 0 Å². The molecule has 0 heteroatoms. The van der Waals surface area contributed by atoms with Crippen molar-refractivity contribution in [1.29, 1.82) is 0 Å². The van der Waals surface area contributed by atoms with Crippen molar-refractivity contribution in [3.05, 3.63) is 253 Å². The van der Waals surface area contributed by atoms with Crippen LogP contribution in [0, 0.1) is 0 Å². The van der Waals surface area contributed by atoms with Crippen molar-refractivity contribution < 1.29 is 0 Å². The minimum atomic E-state index is -0.439. The van der Waals surface area contributed by atoms with Crippen LogP contribution in [0.5, 0.6) is 0 Å². The zero-order valence-electron chi connectivity index (χ0n) is 34.4. The molecule has 0 N–H and O–H groups in total. The van der Waals surface area contributed by atoms with Crippen LogP contribution in [0.4, 0.5) is 0 Å². The maximum absolute atomic E-state index is 2.46. The summed E-state index contributed by atoms with van der Waals surface area (Å²) < 4.78 is 0. The summed E-state index contributed by atoms with van der Waals surface area (Å²) in [5, 5.41) is 12.7. The Morgan fingerprint density at radius 1 is 0.222 bits per heavy atom. The zero-order chi connectivity index (χ0) is 41.2. The van der Waals surface area contributed by atoms with Gasteiger partial charge in [-0.15, -0.1) is 0 Å². The molecule has 14 rings (SSSR count). The minimum Gasteiger partial charge on any atom is -0.0619 e. The Kier molecular flexibility index (Phi) is 7.13. The maximum atomic E-state index is 2.46. The van der Waals surface area contributed by atoms with E-state index in [1.807, 2.05) is 0 Å². The van der Waals surface area contributed by atoms with Crippen LogP contribution < -0.4 is 0 Å². The number of benzene rings is 12. The van der Waals surface area contributed by atoms with Gasteiger partial charge in [-0.25, -0.2) is 0 Å². The molecule has 0 aliphatic heterocycles. The molecule has 12 aromatic rings. The Hall–Kier alpha value is -8.06. The predicted octanol–water partition coefficient (Wildman–Crippen LogP) is 16.8. The second-order valence-electron chi connectivity index (χ2n) is 17.5. The third-order valence-corrected chi connectivity index (χ3v) is 14.4. The van der Waals surface area contributed by atoms with Gasteiger partial charge >= 0.3 is 0 Å². The number of hydrogen-bond acceptors (Lipinski definition) is 0. The summed E-state index contributed by atoms with van der Waals surface area (Å²) in [6, 6.07) is 86.7. The van der Waals surface area contributed by atoms with Crippen LogP contribution >= 0.6 is 0 Å². The van der Waals surface area contributed by atoms with Gasteiger partial charge in [-0.1, -0.05) is 212 Å². The number of fused-ring (bicyclic) bond motifs is 17. The Bertz CT molecular complexity index is 3820. The molecule has 0 fully saturated rings. The van der Waals surface area contributed by atoms with Gasteiger partial charge in [0.05, 0.1) is 5.41 Å². The molecular weight excluding hydrogens is 757 g/mol. The molecule has 2 aliphatic rings. The Morgan fingerprint density at radius 2 is 0.714 bits per heavy atom. The molecule has 2 aliphatic carbocycles. The quantitative estimate of drug-likeness (QED) is 0.156. The summed E-state index contributed by atoms with van der Waals surface area (Å²) >= 11 is 0. The van der Waals surface area contributed by atoms with Crippen molar-refractivity contribution in [2.75, 3.05) is 0 Å². The minimum absolute atomic E-state index is 0.439. The number of hydrogen-bond donors (Lipinski definition) is 0. The highest BCUT2D eigenvalue weighted by Gasteiger charge is 2.52. The van der Waals surface area contributed by atoms with E-state index < -0.39 is 5.41 Å². The van der Waals surface area contributed by atoms with Gasteiger partial charge in [-0.3, -0.25) is 0 Å². The van der Waals surface area contributed by atoms with E-state index in [1.165, 1.54) is 132 Å². The van der Waals surface area contributed by atoms with Crippen molar-refractivity contribution in [3.63, 3.8) is 0 Å². The Labute approximate surface area is 366 Å². The highest BCUT2D eigenvalue weighted by Crippen LogP contribution is 2.65. The molecule has 290 valence electrons. The zero-order valence-corrected chi connectivity index (χ0v) is 34.4. The van der Waals surface area contributed by atoms with E-state index in [9.17, 15) is 0 Å². The summed E-state index contributed by atoms with van der Waals surface area (Å²) in [4.78, 5) is 0. The van der Waals surface area contributed by atoms with Gasteiger partial charge in [0.25, 0.3) is 0 Å². The molecule has 0 heterocycles. The average Bonchev–Trinajstić information content (AvgIpc) is 3.83. The molecule has 0 aromatic heterocycles. The molecular formula is C63H38. The van der Waals surface area contributed by atoms with Gasteiger partial charge in [0.15, 0.2) is 0 Å². The topological polar surface area (TPSA) is 0 Å². The molecule has 0 saturated heterocycles. The van der Waals surface area contributed by atoms with Crippen molar-refractivity contribution in [1.82, 2.24) is 0 Å². The normalized spacial score (nSPS) is 13.2. The molecule has 0 atom stereocenters. The maximum Gasteiger partial charge on any atom is 0.0731 e. The third kappa shape index (κ3) is 4.70. The first kappa shape index (κ1) is 34.6. The molecule has 0 amide bonds. The van der Waals surface area contributed by atoms with E-state index in [4.69, 9.17) is 0 Å². The molecule has 12 aromatic carbocycles. The van der Waals surface area contributed by atoms with Gasteiger partial charge in [0, 0.05) is 0 Å². The van der Waals surface area contributed by atoms with E-state index >= 15 is 0 Å². The lowest BCUT2D eigenvalue weighted by atomic mass is 9.69. The third-order valence-electron chi connectivity index (χ3n) is 14.4. The largest absolute Gasteiger partial charge is 0.0731 e. The first-order valence-corrected chi connectivity index (χ1v) is 22.1. The van der Waals surface area contributed by atoms with Crippen LogP contribution in [0.1, 0.15) is 22.3 Å². The molecule has 1 spiro atoms. The average molecular weight is 795 g/mol. The molecule has 0 saturated carbocycles. The monoisotopic (exact) mass is 794 g/mol. The SMILES string of the molecule is c1cc(-c2ccc3ccccc3c2)cc(-c2c3ccccc3c(-c3ccc4c5c(ccc4c3)-c3c(ccc4ccccc34)C53c4ccccc4-c4ccccc43)c3ccccc23)c1. The summed E-state index contributed by atoms with van der Waals surface area (Å²) in [5.41, 5.74) is 17.9. The highest BCUT2D eigenvalue weighted by atomic mass is 14.5. The molecule has 0 unspecified atom stereocenters. The summed E-state index contributed by atoms with van der Waals surface area (Å²) in [6.45, 7) is 0. The second-order valence-corrected chi connectivity index (χ2v) is 17.5. The number of rotatable bonds is 3. The van der Waals surface area contributed by atoms with Crippen LogP contribution in [0.15, 0.2) is 231 Å². The van der Waals surface area contributed by atoms with E-state index in [-0.39, 0.29) is 0 Å². The van der Waals surface area contributed by atoms with Crippen molar-refractivity contribution in [2.45, 2.75) is 5.41 Å². The van der Waals surface area contributed by atoms with E-state index in [2.05, 4.69) is 231 Å². The molecule has 0 radical (unpaired) electrons. The standard InChI is InChI=1S/C63H38/c1-2-16-41-36-43(29-28-39(41)14-1)42-17-13-18-45(37-42)59-51-22-5-7-24-53(51)60(54-25-8-6-23-52(54)59)46-31-33-48-44(38-46)30-34-55-61-47-19-4-3-15-40(47)32-35-58(61)63(62(48)55)56-26-11-9-20-49(56)50-21-10-12-27-57(50)63/h1-38H. The van der Waals surface area contributed by atoms with Crippen LogP contribution in [-0.4, -0.2) is 0 Å². The van der Waals surface area contributed by atoms with Crippen molar-refractivity contribution in [2.24, 2.45) is 0 Å². The van der Waals surface area contributed by atoms with Crippen LogP contribution in [0.2, 0.25) is 0 Å².